The molecule has 0 fully saturated rings. The fourth-order valence-corrected chi connectivity index (χ4v) is 2.61. The maximum atomic E-state index is 12.5. The molecule has 3 rings (SSSR count). The molecule has 0 bridgehead atoms. The van der Waals surface area contributed by atoms with Gasteiger partial charge in [0.25, 0.3) is 17.5 Å². The van der Waals surface area contributed by atoms with Gasteiger partial charge in [0.05, 0.1) is 22.8 Å². The molecule has 30 heavy (non-hydrogen) atoms. The van der Waals surface area contributed by atoms with Crippen molar-refractivity contribution in [3.63, 3.8) is 0 Å². The average Bonchev–Trinajstić information content (AvgIpc) is 3.18. The summed E-state index contributed by atoms with van der Waals surface area (Å²) < 4.78 is 10.3. The molecule has 10 nitrogen and oxygen atoms in total. The molecule has 2 amide bonds. The van der Waals surface area contributed by atoms with Crippen LogP contribution in [0.25, 0.3) is 0 Å². The lowest BCUT2D eigenvalue weighted by Crippen LogP contribution is -2.33. The zero-order valence-corrected chi connectivity index (χ0v) is 16.2. The number of hydrogen-bond acceptors (Lipinski definition) is 7. The molecule has 0 radical (unpaired) electrons. The highest BCUT2D eigenvalue weighted by atomic mass is 16.7. The Morgan fingerprint density at radius 1 is 1.13 bits per heavy atom. The van der Waals surface area contributed by atoms with Gasteiger partial charge in [0.1, 0.15) is 5.70 Å². The van der Waals surface area contributed by atoms with E-state index in [4.69, 9.17) is 9.47 Å². The first-order valence-corrected chi connectivity index (χ1v) is 8.82. The maximum Gasteiger partial charge on any atom is 0.287 e. The Hall–Kier alpha value is -4.21. The lowest BCUT2D eigenvalue weighted by molar-refractivity contribution is -0.385. The third kappa shape index (κ3) is 4.61. The molecule has 0 saturated carbocycles. The van der Waals surface area contributed by atoms with E-state index in [0.717, 1.165) is 6.21 Å². The molecule has 2 aromatic rings. The van der Waals surface area contributed by atoms with Crippen LogP contribution >= 0.6 is 0 Å². The molecular formula is C20H18N4O6. The fraction of sp³-hybridized carbons (Fsp3) is 0.150. The SMILES string of the molecule is CC(C)=C(NC(=O)c1ccccc1)C(=O)N/N=C\c1cc2c(cc1[N+](=O)[O-])OCO2. The van der Waals surface area contributed by atoms with Crippen LogP contribution in [0.15, 0.2) is 58.8 Å². The number of hydrogen-bond donors (Lipinski definition) is 2. The van der Waals surface area contributed by atoms with E-state index in [1.165, 1.54) is 12.1 Å². The van der Waals surface area contributed by atoms with Gasteiger partial charge >= 0.3 is 0 Å². The Morgan fingerprint density at radius 3 is 2.43 bits per heavy atom. The molecule has 2 N–H and O–H groups in total. The number of fused-ring (bicyclic) bond motifs is 1. The van der Waals surface area contributed by atoms with Gasteiger partial charge in [0.15, 0.2) is 11.5 Å². The molecule has 1 aliphatic rings. The molecule has 1 heterocycles. The minimum absolute atomic E-state index is 0.0289. The van der Waals surface area contributed by atoms with Gasteiger partial charge in [-0.25, -0.2) is 5.43 Å². The van der Waals surface area contributed by atoms with Gasteiger partial charge in [-0.1, -0.05) is 18.2 Å². The number of rotatable bonds is 6. The maximum absolute atomic E-state index is 12.5. The summed E-state index contributed by atoms with van der Waals surface area (Å²) in [5.74, 6) is -0.511. The lowest BCUT2D eigenvalue weighted by Gasteiger charge is -2.10. The monoisotopic (exact) mass is 410 g/mol. The summed E-state index contributed by atoms with van der Waals surface area (Å²) in [6, 6.07) is 11.1. The third-order valence-corrected chi connectivity index (χ3v) is 4.09. The number of ether oxygens (including phenoxy) is 2. The Kier molecular flexibility index (Phi) is 6.06. The quantitative estimate of drug-likeness (QED) is 0.325. The van der Waals surface area contributed by atoms with E-state index >= 15 is 0 Å². The minimum Gasteiger partial charge on any atom is -0.454 e. The van der Waals surface area contributed by atoms with Crippen LogP contribution in [0.1, 0.15) is 29.8 Å². The van der Waals surface area contributed by atoms with Crippen molar-refractivity contribution in [1.82, 2.24) is 10.7 Å². The molecule has 0 aromatic heterocycles. The number of nitrogens with zero attached hydrogens (tertiary/aromatic N) is 2. The van der Waals surface area contributed by atoms with E-state index in [1.54, 1.807) is 44.2 Å². The predicted molar refractivity (Wildman–Crippen MR) is 107 cm³/mol. The number of hydrazone groups is 1. The van der Waals surface area contributed by atoms with Gasteiger partial charge in [-0.2, -0.15) is 5.10 Å². The topological polar surface area (TPSA) is 132 Å². The molecular weight excluding hydrogens is 392 g/mol. The summed E-state index contributed by atoms with van der Waals surface area (Å²) >= 11 is 0. The van der Waals surface area contributed by atoms with Gasteiger partial charge < -0.3 is 14.8 Å². The van der Waals surface area contributed by atoms with Crippen molar-refractivity contribution in [2.24, 2.45) is 5.10 Å². The van der Waals surface area contributed by atoms with Gasteiger partial charge in [0.2, 0.25) is 6.79 Å². The predicted octanol–water partition coefficient (Wildman–Crippen LogP) is 2.50. The summed E-state index contributed by atoms with van der Waals surface area (Å²) in [6.07, 6.45) is 1.12. The van der Waals surface area contributed by atoms with Crippen LogP contribution in [0.3, 0.4) is 0 Å². The molecule has 0 spiro atoms. The molecule has 0 unspecified atom stereocenters. The number of nitro benzene ring substituents is 1. The van der Waals surface area contributed by atoms with Crippen molar-refractivity contribution in [2.45, 2.75) is 13.8 Å². The largest absolute Gasteiger partial charge is 0.454 e. The number of carbonyl (C=O) groups is 2. The normalized spacial score (nSPS) is 11.8. The first-order chi connectivity index (χ1) is 14.4. The smallest absolute Gasteiger partial charge is 0.287 e. The highest BCUT2D eigenvalue weighted by molar-refractivity contribution is 6.03. The van der Waals surface area contributed by atoms with Crippen molar-refractivity contribution in [3.05, 3.63) is 75.0 Å². The summed E-state index contributed by atoms with van der Waals surface area (Å²) in [7, 11) is 0. The summed E-state index contributed by atoms with van der Waals surface area (Å²) in [4.78, 5) is 35.5. The minimum atomic E-state index is -0.668. The van der Waals surface area contributed by atoms with Crippen molar-refractivity contribution in [1.29, 1.82) is 0 Å². The summed E-state index contributed by atoms with van der Waals surface area (Å²) in [5, 5.41) is 17.6. The number of allylic oxidation sites excluding steroid dienone is 1. The van der Waals surface area contributed by atoms with Gasteiger partial charge in [0, 0.05) is 5.56 Å². The highest BCUT2D eigenvalue weighted by Gasteiger charge is 2.22. The zero-order valence-electron chi connectivity index (χ0n) is 16.2. The number of amides is 2. The second-order valence-corrected chi connectivity index (χ2v) is 6.42. The third-order valence-electron chi connectivity index (χ3n) is 4.09. The number of nitrogens with one attached hydrogen (secondary N) is 2. The van der Waals surface area contributed by atoms with Crippen molar-refractivity contribution < 1.29 is 24.0 Å². The van der Waals surface area contributed by atoms with Crippen LogP contribution in [-0.4, -0.2) is 29.7 Å². The number of carbonyl (C=O) groups excluding carboxylic acids is 2. The van der Waals surface area contributed by atoms with Crippen LogP contribution in [-0.2, 0) is 4.79 Å². The molecule has 0 atom stereocenters. The van der Waals surface area contributed by atoms with Crippen molar-refractivity contribution >= 4 is 23.7 Å². The zero-order chi connectivity index (χ0) is 21.7. The van der Waals surface area contributed by atoms with Crippen LogP contribution in [0.5, 0.6) is 11.5 Å². The first kappa shape index (κ1) is 20.5. The summed E-state index contributed by atoms with van der Waals surface area (Å²) in [6.45, 7) is 3.29. The Morgan fingerprint density at radius 2 is 1.80 bits per heavy atom. The van der Waals surface area contributed by atoms with Crippen LogP contribution in [0.4, 0.5) is 5.69 Å². The van der Waals surface area contributed by atoms with E-state index in [2.05, 4.69) is 15.8 Å². The Bertz CT molecular complexity index is 1060. The fourth-order valence-electron chi connectivity index (χ4n) is 2.61. The van der Waals surface area contributed by atoms with E-state index in [9.17, 15) is 19.7 Å². The lowest BCUT2D eigenvalue weighted by atomic mass is 10.1. The van der Waals surface area contributed by atoms with Crippen LogP contribution in [0.2, 0.25) is 0 Å². The molecule has 10 heteroatoms. The van der Waals surface area contributed by atoms with Crippen LogP contribution in [0, 0.1) is 10.1 Å². The standard InChI is InChI=1S/C20H18N4O6/c1-12(2)18(22-19(25)13-6-4-3-5-7-13)20(26)23-21-10-14-8-16-17(30-11-29-16)9-15(14)24(27)28/h3-10H,11H2,1-2H3,(H,22,25)(H,23,26)/b21-10-. The van der Waals surface area contributed by atoms with Crippen molar-refractivity contribution in [3.8, 4) is 11.5 Å². The van der Waals surface area contributed by atoms with Crippen LogP contribution < -0.4 is 20.2 Å². The summed E-state index contributed by atoms with van der Waals surface area (Å²) in [5.41, 5.74) is 3.11. The van der Waals surface area contributed by atoms with Gasteiger partial charge in [-0.3, -0.25) is 19.7 Å². The molecule has 154 valence electrons. The molecule has 1 aliphatic heterocycles. The first-order valence-electron chi connectivity index (χ1n) is 8.82. The van der Waals surface area contributed by atoms with Gasteiger partial charge in [-0.15, -0.1) is 0 Å². The Balaban J connectivity index is 1.73. The van der Waals surface area contributed by atoms with E-state index in [0.29, 0.717) is 16.9 Å². The highest BCUT2D eigenvalue weighted by Crippen LogP contribution is 2.37. The van der Waals surface area contributed by atoms with E-state index < -0.39 is 16.7 Å². The van der Waals surface area contributed by atoms with E-state index in [1.807, 2.05) is 0 Å². The number of benzene rings is 2. The second-order valence-electron chi connectivity index (χ2n) is 6.42. The Labute approximate surface area is 171 Å². The average molecular weight is 410 g/mol. The van der Waals surface area contributed by atoms with Gasteiger partial charge in [-0.05, 0) is 37.6 Å². The second kappa shape index (κ2) is 8.86. The molecule has 0 saturated heterocycles. The van der Waals surface area contributed by atoms with E-state index in [-0.39, 0.29) is 29.5 Å². The van der Waals surface area contributed by atoms with Crippen molar-refractivity contribution in [2.75, 3.05) is 6.79 Å². The molecule has 2 aromatic carbocycles. The molecule has 0 aliphatic carbocycles. The number of nitro groups is 1.